The average Bonchev–Trinajstić information content (AvgIpc) is 2.16. The normalized spacial score (nSPS) is 10.9. The van der Waals surface area contributed by atoms with Crippen molar-refractivity contribution in [2.24, 2.45) is 10.8 Å². The third-order valence-corrected chi connectivity index (χ3v) is 1.72. The van der Waals surface area contributed by atoms with Gasteiger partial charge in [0.1, 0.15) is 0 Å². The summed E-state index contributed by atoms with van der Waals surface area (Å²) in [5, 5.41) is 3.42. The molecule has 0 aromatic heterocycles. The average molecular weight is 213 g/mol. The van der Waals surface area contributed by atoms with Crippen molar-refractivity contribution in [3.05, 3.63) is 46.3 Å². The number of hydrogen-bond donors (Lipinski definition) is 1. The van der Waals surface area contributed by atoms with Crippen LogP contribution in [0.1, 0.15) is 5.56 Å². The lowest BCUT2D eigenvalue weighted by Gasteiger charge is -2.07. The quantitative estimate of drug-likeness (QED) is 0.464. The number of nitrogens with two attached hydrogens (primary N) is 1. The Morgan fingerprint density at radius 3 is 2.57 bits per heavy atom. The van der Waals surface area contributed by atoms with Gasteiger partial charge in [0.25, 0.3) is 0 Å². The Balaban J connectivity index is 0.00000169. The topological polar surface area (TPSA) is 74.8 Å². The van der Waals surface area contributed by atoms with Crippen LogP contribution in [-0.2, 0) is 6.42 Å². The number of hydrogen-bond acceptors (Lipinski definition) is 2. The molecule has 0 saturated heterocycles. The van der Waals surface area contributed by atoms with Crippen molar-refractivity contribution < 1.29 is 0 Å². The maximum atomic E-state index is 8.08. The van der Waals surface area contributed by atoms with Crippen LogP contribution in [0.2, 0.25) is 0 Å². The summed E-state index contributed by atoms with van der Waals surface area (Å²) in [5.74, 6) is 0. The standard InChI is InChI=1S/C9H12N4.ClH/c10-9(7-12-13-11)6-8-4-2-1-3-5-8;/h1-5,9H,6-7,10H2;1H/t9-;/m0./s1. The molecule has 1 rings (SSSR count). The van der Waals surface area contributed by atoms with Gasteiger partial charge in [-0.3, -0.25) is 0 Å². The minimum absolute atomic E-state index is 0. The number of nitrogens with zero attached hydrogens (tertiary/aromatic N) is 3. The Labute approximate surface area is 89.2 Å². The first kappa shape index (κ1) is 12.8. The van der Waals surface area contributed by atoms with E-state index in [0.717, 1.165) is 6.42 Å². The summed E-state index contributed by atoms with van der Waals surface area (Å²) in [7, 11) is 0. The van der Waals surface area contributed by atoms with Crippen LogP contribution in [-0.4, -0.2) is 12.6 Å². The molecule has 2 N–H and O–H groups in total. The van der Waals surface area contributed by atoms with Gasteiger partial charge in [0.2, 0.25) is 0 Å². The maximum absolute atomic E-state index is 8.08. The van der Waals surface area contributed by atoms with Crippen LogP contribution in [0.25, 0.3) is 10.4 Å². The largest absolute Gasteiger partial charge is 0.327 e. The molecule has 1 aromatic carbocycles. The van der Waals surface area contributed by atoms with E-state index in [9.17, 15) is 0 Å². The monoisotopic (exact) mass is 212 g/mol. The highest BCUT2D eigenvalue weighted by atomic mass is 35.5. The van der Waals surface area contributed by atoms with E-state index in [1.54, 1.807) is 0 Å². The van der Waals surface area contributed by atoms with Crippen LogP contribution in [0.5, 0.6) is 0 Å². The first-order valence-corrected chi connectivity index (χ1v) is 4.13. The van der Waals surface area contributed by atoms with Crippen LogP contribution in [0.3, 0.4) is 0 Å². The van der Waals surface area contributed by atoms with E-state index in [1.807, 2.05) is 30.3 Å². The molecule has 0 aliphatic rings. The van der Waals surface area contributed by atoms with Gasteiger partial charge in [0.05, 0.1) is 0 Å². The van der Waals surface area contributed by atoms with Crippen LogP contribution in [0.4, 0.5) is 0 Å². The molecule has 0 aliphatic heterocycles. The fourth-order valence-corrected chi connectivity index (χ4v) is 1.12. The second-order valence-corrected chi connectivity index (χ2v) is 2.86. The molecule has 5 heteroatoms. The molecule has 0 unspecified atom stereocenters. The summed E-state index contributed by atoms with van der Waals surface area (Å²) in [6, 6.07) is 9.83. The van der Waals surface area contributed by atoms with E-state index in [1.165, 1.54) is 5.56 Å². The second kappa shape index (κ2) is 7.21. The lowest BCUT2D eigenvalue weighted by atomic mass is 10.1. The summed E-state index contributed by atoms with van der Waals surface area (Å²) in [6.07, 6.45) is 0.750. The van der Waals surface area contributed by atoms with E-state index < -0.39 is 0 Å². The minimum atomic E-state index is -0.0849. The highest BCUT2D eigenvalue weighted by Crippen LogP contribution is 2.01. The molecule has 0 bridgehead atoms. The molecule has 0 aliphatic carbocycles. The van der Waals surface area contributed by atoms with Gasteiger partial charge in [-0.05, 0) is 17.5 Å². The third kappa shape index (κ3) is 4.72. The maximum Gasteiger partial charge on any atom is 0.0413 e. The minimum Gasteiger partial charge on any atom is -0.327 e. The molecule has 0 amide bonds. The number of halogens is 1. The predicted molar refractivity (Wildman–Crippen MR) is 59.4 cm³/mol. The van der Waals surface area contributed by atoms with Crippen molar-refractivity contribution in [2.75, 3.05) is 6.54 Å². The van der Waals surface area contributed by atoms with Crippen LogP contribution in [0, 0.1) is 0 Å². The Bertz CT molecular complexity index is 295. The summed E-state index contributed by atoms with van der Waals surface area (Å²) in [5.41, 5.74) is 15.0. The van der Waals surface area contributed by atoms with Gasteiger partial charge >= 0.3 is 0 Å². The smallest absolute Gasteiger partial charge is 0.0413 e. The van der Waals surface area contributed by atoms with Gasteiger partial charge in [-0.2, -0.15) is 0 Å². The van der Waals surface area contributed by atoms with Gasteiger partial charge in [0.15, 0.2) is 0 Å². The van der Waals surface area contributed by atoms with Crippen molar-refractivity contribution in [3.8, 4) is 0 Å². The molecule has 76 valence electrons. The lowest BCUT2D eigenvalue weighted by molar-refractivity contribution is 0.676. The second-order valence-electron chi connectivity index (χ2n) is 2.86. The number of benzene rings is 1. The zero-order chi connectivity index (χ0) is 9.52. The molecule has 0 fully saturated rings. The summed E-state index contributed by atoms with van der Waals surface area (Å²) in [4.78, 5) is 2.66. The highest BCUT2D eigenvalue weighted by molar-refractivity contribution is 5.85. The number of rotatable bonds is 4. The van der Waals surface area contributed by atoms with E-state index in [0.29, 0.717) is 6.54 Å². The van der Waals surface area contributed by atoms with Gasteiger partial charge in [-0.1, -0.05) is 35.4 Å². The molecular weight excluding hydrogens is 200 g/mol. The first-order chi connectivity index (χ1) is 6.33. The van der Waals surface area contributed by atoms with Crippen molar-refractivity contribution in [1.29, 1.82) is 0 Å². The van der Waals surface area contributed by atoms with Gasteiger partial charge in [-0.25, -0.2) is 0 Å². The molecule has 14 heavy (non-hydrogen) atoms. The van der Waals surface area contributed by atoms with Gasteiger partial charge < -0.3 is 5.73 Å². The fourth-order valence-electron chi connectivity index (χ4n) is 1.12. The molecule has 0 spiro atoms. The van der Waals surface area contributed by atoms with Crippen LogP contribution in [0.15, 0.2) is 35.4 Å². The van der Waals surface area contributed by atoms with Crippen molar-refractivity contribution in [3.63, 3.8) is 0 Å². The van der Waals surface area contributed by atoms with Crippen molar-refractivity contribution in [2.45, 2.75) is 12.5 Å². The zero-order valence-corrected chi connectivity index (χ0v) is 8.52. The van der Waals surface area contributed by atoms with Crippen molar-refractivity contribution >= 4 is 12.4 Å². The summed E-state index contributed by atoms with van der Waals surface area (Å²) >= 11 is 0. The van der Waals surface area contributed by atoms with E-state index in [2.05, 4.69) is 10.0 Å². The zero-order valence-electron chi connectivity index (χ0n) is 7.71. The molecule has 1 aromatic rings. The van der Waals surface area contributed by atoms with Gasteiger partial charge in [-0.15, -0.1) is 12.4 Å². The molecule has 0 radical (unpaired) electrons. The lowest BCUT2D eigenvalue weighted by Crippen LogP contribution is -2.25. The molecule has 0 heterocycles. The SMILES string of the molecule is Cl.[N-]=[N+]=NC[C@@H](N)Cc1ccccc1. The third-order valence-electron chi connectivity index (χ3n) is 1.72. The Hall–Kier alpha value is -1.22. The molecule has 4 nitrogen and oxygen atoms in total. The number of azide groups is 1. The Kier molecular flexibility index (Phi) is 6.58. The molecule has 0 saturated carbocycles. The fraction of sp³-hybridized carbons (Fsp3) is 0.333. The van der Waals surface area contributed by atoms with Crippen molar-refractivity contribution in [1.82, 2.24) is 0 Å². The van der Waals surface area contributed by atoms with Crippen LogP contribution < -0.4 is 5.73 Å². The summed E-state index contributed by atoms with van der Waals surface area (Å²) in [6.45, 7) is 0.353. The Morgan fingerprint density at radius 1 is 1.36 bits per heavy atom. The van der Waals surface area contributed by atoms with E-state index >= 15 is 0 Å². The van der Waals surface area contributed by atoms with Gasteiger partial charge in [0, 0.05) is 17.5 Å². The molecule has 1 atom stereocenters. The van der Waals surface area contributed by atoms with Crippen LogP contribution >= 0.6 is 12.4 Å². The van der Waals surface area contributed by atoms with E-state index in [-0.39, 0.29) is 18.4 Å². The summed E-state index contributed by atoms with van der Waals surface area (Å²) < 4.78 is 0. The Morgan fingerprint density at radius 2 is 2.00 bits per heavy atom. The molecular formula is C9H13ClN4. The van der Waals surface area contributed by atoms with E-state index in [4.69, 9.17) is 11.3 Å². The predicted octanol–water partition coefficient (Wildman–Crippen LogP) is 2.29. The highest BCUT2D eigenvalue weighted by Gasteiger charge is 2.01. The first-order valence-electron chi connectivity index (χ1n) is 4.13.